The van der Waals surface area contributed by atoms with E-state index in [1.807, 2.05) is 18.2 Å². The molecule has 0 saturated carbocycles. The minimum absolute atomic E-state index is 0.169. The molecule has 1 aliphatic rings. The molecule has 2 aromatic carbocycles. The third kappa shape index (κ3) is 4.46. The second kappa shape index (κ2) is 8.09. The summed E-state index contributed by atoms with van der Waals surface area (Å²) in [6, 6.07) is 12.5. The van der Waals surface area contributed by atoms with Crippen LogP contribution in [-0.4, -0.2) is 38.6 Å². The Morgan fingerprint density at radius 2 is 1.72 bits per heavy atom. The summed E-state index contributed by atoms with van der Waals surface area (Å²) < 4.78 is 0. The molecule has 1 saturated heterocycles. The lowest BCUT2D eigenvalue weighted by molar-refractivity contribution is -0.898. The zero-order chi connectivity index (χ0) is 17.8. The Bertz CT molecular complexity index is 741. The van der Waals surface area contributed by atoms with E-state index in [2.05, 4.69) is 17.1 Å². The molecule has 2 aromatic rings. The fourth-order valence-electron chi connectivity index (χ4n) is 3.10. The fourth-order valence-corrected chi connectivity index (χ4v) is 3.40. The maximum Gasteiger partial charge on any atom is 0.255 e. The van der Waals surface area contributed by atoms with Crippen LogP contribution in [0.5, 0.6) is 0 Å². The second-order valence-corrected chi connectivity index (χ2v) is 7.09. The summed E-state index contributed by atoms with van der Waals surface area (Å²) in [6.07, 6.45) is 0. The van der Waals surface area contributed by atoms with Gasteiger partial charge in [-0.25, -0.2) is 0 Å². The van der Waals surface area contributed by atoms with Gasteiger partial charge < -0.3 is 15.1 Å². The highest BCUT2D eigenvalue weighted by Crippen LogP contribution is 2.30. The highest BCUT2D eigenvalue weighted by molar-refractivity contribution is 6.31. The molecule has 1 aliphatic heterocycles. The number of hydrogen-bond acceptors (Lipinski definition) is 2. The molecule has 1 fully saturated rings. The molecule has 2 N–H and O–H groups in total. The number of likely N-dealkylation sites (N-methyl/N-ethyl adjacent to an activating group) is 1. The van der Waals surface area contributed by atoms with Crippen molar-refractivity contribution in [2.45, 2.75) is 6.92 Å². The first-order chi connectivity index (χ1) is 12.1. The lowest BCUT2D eigenvalue weighted by Gasteiger charge is -2.34. The number of quaternary nitrogens is 1. The van der Waals surface area contributed by atoms with Crippen LogP contribution >= 0.6 is 23.2 Å². The minimum Gasteiger partial charge on any atom is -0.359 e. The van der Waals surface area contributed by atoms with Crippen molar-refractivity contribution in [3.05, 3.63) is 58.1 Å². The van der Waals surface area contributed by atoms with Crippen LogP contribution in [0.4, 0.5) is 11.4 Å². The Morgan fingerprint density at radius 1 is 1.08 bits per heavy atom. The monoisotopic (exact) mass is 378 g/mol. The average molecular weight is 379 g/mol. The van der Waals surface area contributed by atoms with Gasteiger partial charge in [-0.1, -0.05) is 23.2 Å². The van der Waals surface area contributed by atoms with Gasteiger partial charge in [0.1, 0.15) is 0 Å². The molecule has 132 valence electrons. The molecule has 0 unspecified atom stereocenters. The van der Waals surface area contributed by atoms with Crippen molar-refractivity contribution in [3.63, 3.8) is 0 Å². The zero-order valence-corrected chi connectivity index (χ0v) is 15.7. The van der Waals surface area contributed by atoms with Crippen LogP contribution in [0.3, 0.4) is 0 Å². The van der Waals surface area contributed by atoms with Gasteiger partial charge >= 0.3 is 0 Å². The summed E-state index contributed by atoms with van der Waals surface area (Å²) in [4.78, 5) is 16.5. The van der Waals surface area contributed by atoms with Gasteiger partial charge in [-0.05, 0) is 49.4 Å². The molecular weight excluding hydrogens is 357 g/mol. The highest BCUT2D eigenvalue weighted by atomic mass is 35.5. The third-order valence-corrected chi connectivity index (χ3v) is 5.11. The summed E-state index contributed by atoms with van der Waals surface area (Å²) in [5.41, 5.74) is 2.32. The summed E-state index contributed by atoms with van der Waals surface area (Å²) in [6.45, 7) is 7.50. The van der Waals surface area contributed by atoms with Gasteiger partial charge in [-0.3, -0.25) is 4.79 Å². The molecule has 25 heavy (non-hydrogen) atoms. The van der Waals surface area contributed by atoms with Crippen molar-refractivity contribution in [2.24, 2.45) is 0 Å². The maximum absolute atomic E-state index is 12.6. The van der Waals surface area contributed by atoms with E-state index in [4.69, 9.17) is 23.2 Å². The minimum atomic E-state index is -0.169. The van der Waals surface area contributed by atoms with Gasteiger partial charge in [0.05, 0.1) is 44.1 Å². The molecule has 0 atom stereocenters. The predicted molar refractivity (Wildman–Crippen MR) is 104 cm³/mol. The SMILES string of the molecule is CC[NH+]1CCN(c2ccc(Cl)cc2NC(=O)c2ccc(Cl)cc2)CC1. The number of hydrogen-bond donors (Lipinski definition) is 2. The Labute approximate surface area is 158 Å². The second-order valence-electron chi connectivity index (χ2n) is 6.21. The summed E-state index contributed by atoms with van der Waals surface area (Å²) in [5.74, 6) is -0.169. The highest BCUT2D eigenvalue weighted by Gasteiger charge is 2.21. The normalized spacial score (nSPS) is 15.2. The molecule has 0 radical (unpaired) electrons. The zero-order valence-electron chi connectivity index (χ0n) is 14.2. The van der Waals surface area contributed by atoms with E-state index in [0.29, 0.717) is 15.6 Å². The van der Waals surface area contributed by atoms with Crippen molar-refractivity contribution in [1.29, 1.82) is 0 Å². The van der Waals surface area contributed by atoms with Gasteiger partial charge in [-0.15, -0.1) is 0 Å². The van der Waals surface area contributed by atoms with E-state index in [1.54, 1.807) is 29.2 Å². The van der Waals surface area contributed by atoms with Gasteiger partial charge in [0.15, 0.2) is 0 Å². The standard InChI is InChI=1S/C19H21Cl2N3O/c1-2-23-9-11-24(12-10-23)18-8-7-16(21)13-17(18)22-19(25)14-3-5-15(20)6-4-14/h3-8,13H,2,9-12H2,1H3,(H,22,25)/p+1. The lowest BCUT2D eigenvalue weighted by atomic mass is 10.1. The van der Waals surface area contributed by atoms with Crippen LogP contribution in [0.25, 0.3) is 0 Å². The van der Waals surface area contributed by atoms with E-state index in [1.165, 1.54) is 0 Å². The van der Waals surface area contributed by atoms with Crippen LogP contribution in [0.2, 0.25) is 10.0 Å². The van der Waals surface area contributed by atoms with E-state index in [9.17, 15) is 4.79 Å². The number of nitrogens with one attached hydrogen (secondary N) is 2. The first-order valence-corrected chi connectivity index (χ1v) is 9.27. The average Bonchev–Trinajstić information content (AvgIpc) is 2.62. The number of carbonyl (C=O) groups is 1. The van der Waals surface area contributed by atoms with E-state index in [0.717, 1.165) is 44.1 Å². The number of amides is 1. The van der Waals surface area contributed by atoms with Gasteiger partial charge in [0, 0.05) is 15.6 Å². The summed E-state index contributed by atoms with van der Waals surface area (Å²) >= 11 is 12.1. The van der Waals surface area contributed by atoms with Crippen LogP contribution < -0.4 is 15.1 Å². The maximum atomic E-state index is 12.6. The molecule has 0 aliphatic carbocycles. The molecule has 3 rings (SSSR count). The quantitative estimate of drug-likeness (QED) is 0.857. The van der Waals surface area contributed by atoms with E-state index < -0.39 is 0 Å². The van der Waals surface area contributed by atoms with E-state index in [-0.39, 0.29) is 5.91 Å². The number of nitrogens with zero attached hydrogens (tertiary/aromatic N) is 1. The topological polar surface area (TPSA) is 36.8 Å². The number of benzene rings is 2. The van der Waals surface area contributed by atoms with E-state index >= 15 is 0 Å². The first-order valence-electron chi connectivity index (χ1n) is 8.52. The molecule has 6 heteroatoms. The molecular formula is C19H22Cl2N3O+. The lowest BCUT2D eigenvalue weighted by Crippen LogP contribution is -3.14. The number of halogens is 2. The van der Waals surface area contributed by atoms with Gasteiger partial charge in [0.2, 0.25) is 0 Å². The molecule has 1 amide bonds. The summed E-state index contributed by atoms with van der Waals surface area (Å²) in [5, 5.41) is 4.21. The largest absolute Gasteiger partial charge is 0.359 e. The Kier molecular flexibility index (Phi) is 5.84. The molecule has 0 aromatic heterocycles. The Hall–Kier alpha value is -1.75. The molecule has 1 heterocycles. The first kappa shape index (κ1) is 18.1. The number of rotatable bonds is 4. The van der Waals surface area contributed by atoms with Crippen molar-refractivity contribution in [2.75, 3.05) is 42.9 Å². The molecule has 0 spiro atoms. The number of piperazine rings is 1. The van der Waals surface area contributed by atoms with Crippen molar-refractivity contribution < 1.29 is 9.69 Å². The van der Waals surface area contributed by atoms with Crippen molar-refractivity contribution in [3.8, 4) is 0 Å². The van der Waals surface area contributed by atoms with Gasteiger partial charge in [0.25, 0.3) is 5.91 Å². The van der Waals surface area contributed by atoms with Crippen molar-refractivity contribution in [1.82, 2.24) is 0 Å². The predicted octanol–water partition coefficient (Wildman–Crippen LogP) is 2.97. The van der Waals surface area contributed by atoms with Crippen LogP contribution in [0.15, 0.2) is 42.5 Å². The summed E-state index contributed by atoms with van der Waals surface area (Å²) in [7, 11) is 0. The smallest absolute Gasteiger partial charge is 0.255 e. The van der Waals surface area contributed by atoms with Gasteiger partial charge in [-0.2, -0.15) is 0 Å². The van der Waals surface area contributed by atoms with Crippen LogP contribution in [0.1, 0.15) is 17.3 Å². The van der Waals surface area contributed by atoms with Crippen LogP contribution in [-0.2, 0) is 0 Å². The fraction of sp³-hybridized carbons (Fsp3) is 0.316. The number of anilines is 2. The van der Waals surface area contributed by atoms with Crippen LogP contribution in [0, 0.1) is 0 Å². The third-order valence-electron chi connectivity index (χ3n) is 4.62. The Morgan fingerprint density at radius 3 is 2.36 bits per heavy atom. The molecule has 0 bridgehead atoms. The molecule has 4 nitrogen and oxygen atoms in total. The van der Waals surface area contributed by atoms with Crippen molar-refractivity contribution >= 4 is 40.5 Å². The Balaban J connectivity index is 1.79. The number of carbonyl (C=O) groups excluding carboxylic acids is 1.